The fourth-order valence-electron chi connectivity index (χ4n) is 3.27. The maximum atomic E-state index is 12.1. The van der Waals surface area contributed by atoms with Crippen LogP contribution in [0.25, 0.3) is 0 Å². The molecule has 1 saturated heterocycles. The van der Waals surface area contributed by atoms with Crippen molar-refractivity contribution in [1.82, 2.24) is 25.5 Å². The molecular formula is C21H27N5O2. The monoisotopic (exact) mass is 381 g/mol. The topological polar surface area (TPSA) is 87.2 Å². The van der Waals surface area contributed by atoms with Crippen molar-refractivity contribution in [2.45, 2.75) is 38.8 Å². The van der Waals surface area contributed by atoms with E-state index in [1.165, 1.54) is 11.8 Å². The van der Waals surface area contributed by atoms with Crippen LogP contribution in [0.1, 0.15) is 41.0 Å². The van der Waals surface area contributed by atoms with Gasteiger partial charge in [-0.3, -0.25) is 19.5 Å². The Bertz CT molecular complexity index is 771. The number of nitrogens with zero attached hydrogens (tertiary/aromatic N) is 3. The van der Waals surface area contributed by atoms with Gasteiger partial charge in [-0.05, 0) is 25.3 Å². The predicted octanol–water partition coefficient (Wildman–Crippen LogP) is 1.69. The second-order valence-corrected chi connectivity index (χ2v) is 7.15. The van der Waals surface area contributed by atoms with Gasteiger partial charge in [0.05, 0.1) is 11.9 Å². The Morgan fingerprint density at radius 2 is 1.86 bits per heavy atom. The molecule has 1 aromatic heterocycles. The summed E-state index contributed by atoms with van der Waals surface area (Å²) in [7, 11) is 0. The molecule has 0 aliphatic carbocycles. The number of piperidine rings is 1. The maximum absolute atomic E-state index is 12.1. The van der Waals surface area contributed by atoms with Crippen LogP contribution in [0.4, 0.5) is 0 Å². The first-order valence-electron chi connectivity index (χ1n) is 9.72. The molecule has 7 heteroatoms. The van der Waals surface area contributed by atoms with Crippen LogP contribution in [0.2, 0.25) is 0 Å². The first kappa shape index (κ1) is 19.9. The third kappa shape index (κ3) is 6.13. The molecule has 2 heterocycles. The molecule has 2 aromatic rings. The first-order valence-corrected chi connectivity index (χ1v) is 9.72. The number of nitrogens with one attached hydrogen (secondary N) is 2. The van der Waals surface area contributed by atoms with Crippen molar-refractivity contribution in [3.63, 3.8) is 0 Å². The molecular weight excluding hydrogens is 354 g/mol. The number of carbonyl (C=O) groups excluding carboxylic acids is 2. The van der Waals surface area contributed by atoms with Crippen molar-refractivity contribution >= 4 is 11.8 Å². The fourth-order valence-corrected chi connectivity index (χ4v) is 3.27. The van der Waals surface area contributed by atoms with Crippen LogP contribution in [0, 0.1) is 6.92 Å². The van der Waals surface area contributed by atoms with Crippen molar-refractivity contribution in [3.05, 3.63) is 59.7 Å². The van der Waals surface area contributed by atoms with E-state index in [9.17, 15) is 9.59 Å². The summed E-state index contributed by atoms with van der Waals surface area (Å²) in [6.07, 6.45) is 5.14. The van der Waals surface area contributed by atoms with Crippen LogP contribution >= 0.6 is 0 Å². The van der Waals surface area contributed by atoms with Crippen LogP contribution in [0.5, 0.6) is 0 Å². The predicted molar refractivity (Wildman–Crippen MR) is 107 cm³/mol. The molecule has 1 aromatic carbocycles. The highest BCUT2D eigenvalue weighted by molar-refractivity contribution is 5.92. The van der Waals surface area contributed by atoms with Crippen molar-refractivity contribution in [1.29, 1.82) is 0 Å². The number of carbonyl (C=O) groups is 2. The lowest BCUT2D eigenvalue weighted by Gasteiger charge is -2.32. The number of hydrogen-bond acceptors (Lipinski definition) is 5. The Labute approximate surface area is 165 Å². The number of amides is 2. The van der Waals surface area contributed by atoms with Crippen LogP contribution in [0.15, 0.2) is 42.7 Å². The maximum Gasteiger partial charge on any atom is 0.271 e. The minimum Gasteiger partial charge on any atom is -0.353 e. The number of rotatable bonds is 7. The van der Waals surface area contributed by atoms with E-state index in [0.29, 0.717) is 0 Å². The molecule has 0 unspecified atom stereocenters. The average molecular weight is 381 g/mol. The molecule has 0 bridgehead atoms. The largest absolute Gasteiger partial charge is 0.353 e. The zero-order valence-corrected chi connectivity index (χ0v) is 16.2. The quantitative estimate of drug-likeness (QED) is 0.762. The SMILES string of the molecule is Cc1cnc(C(=O)NCCC(=O)NC2CCN(Cc3ccccc3)CC2)cn1. The van der Waals surface area contributed by atoms with E-state index < -0.39 is 0 Å². The van der Waals surface area contributed by atoms with Crippen molar-refractivity contribution in [2.24, 2.45) is 0 Å². The molecule has 3 rings (SSSR count). The molecule has 1 aliphatic heterocycles. The summed E-state index contributed by atoms with van der Waals surface area (Å²) >= 11 is 0. The summed E-state index contributed by atoms with van der Waals surface area (Å²) in [5.41, 5.74) is 2.33. The van der Waals surface area contributed by atoms with Gasteiger partial charge in [-0.2, -0.15) is 0 Å². The molecule has 0 saturated carbocycles. The molecule has 7 nitrogen and oxygen atoms in total. The Morgan fingerprint density at radius 1 is 1.11 bits per heavy atom. The minimum absolute atomic E-state index is 0.0307. The normalized spacial score (nSPS) is 15.2. The van der Waals surface area contributed by atoms with Gasteiger partial charge in [0.25, 0.3) is 5.91 Å². The summed E-state index contributed by atoms with van der Waals surface area (Å²) in [4.78, 5) is 34.6. The molecule has 148 valence electrons. The molecule has 1 fully saturated rings. The van der Waals surface area contributed by atoms with Gasteiger partial charge in [0.15, 0.2) is 0 Å². The van der Waals surface area contributed by atoms with Gasteiger partial charge in [-0.25, -0.2) is 4.98 Å². The highest BCUT2D eigenvalue weighted by Gasteiger charge is 2.20. The number of hydrogen-bond donors (Lipinski definition) is 2. The van der Waals surface area contributed by atoms with Gasteiger partial charge < -0.3 is 10.6 Å². The van der Waals surface area contributed by atoms with E-state index in [2.05, 4.69) is 49.8 Å². The van der Waals surface area contributed by atoms with Crippen LogP contribution < -0.4 is 10.6 Å². The zero-order chi connectivity index (χ0) is 19.8. The summed E-state index contributed by atoms with van der Waals surface area (Å²) in [6, 6.07) is 10.6. The molecule has 0 spiro atoms. The van der Waals surface area contributed by atoms with Gasteiger partial charge in [0.1, 0.15) is 5.69 Å². The third-order valence-electron chi connectivity index (χ3n) is 4.85. The zero-order valence-electron chi connectivity index (χ0n) is 16.2. The van der Waals surface area contributed by atoms with Crippen LogP contribution in [0.3, 0.4) is 0 Å². The van der Waals surface area contributed by atoms with Crippen LogP contribution in [-0.2, 0) is 11.3 Å². The Hall–Kier alpha value is -2.80. The van der Waals surface area contributed by atoms with Crippen molar-refractivity contribution in [2.75, 3.05) is 19.6 Å². The van der Waals surface area contributed by atoms with E-state index in [1.807, 2.05) is 13.0 Å². The fraction of sp³-hybridized carbons (Fsp3) is 0.429. The lowest BCUT2D eigenvalue weighted by Crippen LogP contribution is -2.45. The Balaban J connectivity index is 1.32. The van der Waals surface area contributed by atoms with E-state index in [-0.39, 0.29) is 36.5 Å². The Morgan fingerprint density at radius 3 is 2.54 bits per heavy atom. The molecule has 0 atom stereocenters. The standard InChI is InChI=1S/C21H27N5O2/c1-16-13-24-19(14-23-16)21(28)22-10-7-20(27)25-18-8-11-26(12-9-18)15-17-5-3-2-4-6-17/h2-6,13-14,18H,7-12,15H2,1H3,(H,22,28)(H,25,27). The molecule has 2 amide bonds. The van der Waals surface area contributed by atoms with E-state index >= 15 is 0 Å². The van der Waals surface area contributed by atoms with Gasteiger partial charge >= 0.3 is 0 Å². The van der Waals surface area contributed by atoms with Crippen molar-refractivity contribution < 1.29 is 9.59 Å². The van der Waals surface area contributed by atoms with Crippen molar-refractivity contribution in [3.8, 4) is 0 Å². The van der Waals surface area contributed by atoms with Gasteiger partial charge in [-0.15, -0.1) is 0 Å². The second kappa shape index (κ2) is 9.94. The van der Waals surface area contributed by atoms with E-state index in [1.54, 1.807) is 6.20 Å². The summed E-state index contributed by atoms with van der Waals surface area (Å²) in [6.45, 7) is 5.00. The minimum atomic E-state index is -0.311. The Kier molecular flexibility index (Phi) is 7.08. The highest BCUT2D eigenvalue weighted by Crippen LogP contribution is 2.13. The number of likely N-dealkylation sites (tertiary alicyclic amines) is 1. The highest BCUT2D eigenvalue weighted by atomic mass is 16.2. The number of benzene rings is 1. The summed E-state index contributed by atoms with van der Waals surface area (Å²) < 4.78 is 0. The van der Waals surface area contributed by atoms with E-state index in [4.69, 9.17) is 0 Å². The first-order chi connectivity index (χ1) is 13.6. The number of aromatic nitrogens is 2. The molecule has 1 aliphatic rings. The summed E-state index contributed by atoms with van der Waals surface area (Å²) in [5, 5.41) is 5.79. The smallest absolute Gasteiger partial charge is 0.271 e. The second-order valence-electron chi connectivity index (χ2n) is 7.15. The average Bonchev–Trinajstić information content (AvgIpc) is 2.71. The molecule has 2 N–H and O–H groups in total. The van der Waals surface area contributed by atoms with Gasteiger partial charge in [-0.1, -0.05) is 30.3 Å². The van der Waals surface area contributed by atoms with Crippen LogP contribution in [-0.4, -0.2) is 52.4 Å². The lowest BCUT2D eigenvalue weighted by atomic mass is 10.0. The summed E-state index contributed by atoms with van der Waals surface area (Å²) in [5.74, 6) is -0.341. The number of aryl methyl sites for hydroxylation is 1. The molecule has 28 heavy (non-hydrogen) atoms. The van der Waals surface area contributed by atoms with Gasteiger partial charge in [0, 0.05) is 44.8 Å². The lowest BCUT2D eigenvalue weighted by molar-refractivity contribution is -0.122. The van der Waals surface area contributed by atoms with E-state index in [0.717, 1.165) is 38.2 Å². The molecule has 0 radical (unpaired) electrons. The van der Waals surface area contributed by atoms with Gasteiger partial charge in [0.2, 0.25) is 5.91 Å². The third-order valence-corrected chi connectivity index (χ3v) is 4.85.